The molecule has 29 heavy (non-hydrogen) atoms. The quantitative estimate of drug-likeness (QED) is 0.419. The predicted molar refractivity (Wildman–Crippen MR) is 121 cm³/mol. The second-order valence-electron chi connectivity index (χ2n) is 7.33. The zero-order valence-corrected chi connectivity index (χ0v) is 17.6. The highest BCUT2D eigenvalue weighted by Gasteiger charge is 2.27. The molecule has 0 bridgehead atoms. The third-order valence-electron chi connectivity index (χ3n) is 5.35. The van der Waals surface area contributed by atoms with Gasteiger partial charge >= 0.3 is 0 Å². The highest BCUT2D eigenvalue weighted by atomic mass is 32.2. The monoisotopic (exact) mass is 419 g/mol. The van der Waals surface area contributed by atoms with Crippen molar-refractivity contribution in [2.45, 2.75) is 23.8 Å². The number of thiazole rings is 1. The molecule has 1 aliphatic rings. The van der Waals surface area contributed by atoms with Gasteiger partial charge in [0.2, 0.25) is 5.91 Å². The molecule has 0 N–H and O–H groups in total. The number of piperidine rings is 1. The van der Waals surface area contributed by atoms with Gasteiger partial charge in [0.1, 0.15) is 0 Å². The number of aromatic nitrogens is 2. The van der Waals surface area contributed by atoms with E-state index in [-0.39, 0.29) is 5.91 Å². The lowest BCUT2D eigenvalue weighted by Crippen LogP contribution is -2.40. The number of rotatable bonds is 4. The molecular weight excluding hydrogens is 398 g/mol. The van der Waals surface area contributed by atoms with E-state index >= 15 is 0 Å². The molecule has 3 heterocycles. The van der Waals surface area contributed by atoms with Crippen molar-refractivity contribution in [2.24, 2.45) is 0 Å². The van der Waals surface area contributed by atoms with E-state index in [1.165, 1.54) is 16.5 Å². The largest absolute Gasteiger partial charge is 0.341 e. The number of nitrogens with zero attached hydrogens (tertiary/aromatic N) is 3. The Bertz CT molecular complexity index is 1140. The van der Waals surface area contributed by atoms with Crippen molar-refractivity contribution >= 4 is 50.1 Å². The molecule has 2 aromatic heterocycles. The lowest BCUT2D eigenvalue weighted by Gasteiger charge is -2.31. The van der Waals surface area contributed by atoms with E-state index in [4.69, 9.17) is 4.98 Å². The molecule has 0 unspecified atom stereocenters. The molecule has 146 valence electrons. The first-order valence-corrected chi connectivity index (χ1v) is 11.7. The summed E-state index contributed by atoms with van der Waals surface area (Å²) in [5.41, 5.74) is 2.03. The first-order chi connectivity index (χ1) is 14.3. The van der Waals surface area contributed by atoms with Crippen LogP contribution in [-0.4, -0.2) is 39.6 Å². The van der Waals surface area contributed by atoms with E-state index in [2.05, 4.69) is 35.3 Å². The average molecular weight is 420 g/mol. The SMILES string of the molecule is O=C(CSc1ccc2ccccc2n1)N1CCC[C@@H](c2nc3ccccc3s2)C1. The average Bonchev–Trinajstić information content (AvgIpc) is 3.22. The van der Waals surface area contributed by atoms with E-state index in [0.717, 1.165) is 52.4 Å². The minimum Gasteiger partial charge on any atom is -0.341 e. The Morgan fingerprint density at radius 2 is 1.86 bits per heavy atom. The fraction of sp³-hybridized carbons (Fsp3) is 0.261. The molecule has 4 aromatic rings. The van der Waals surface area contributed by atoms with Gasteiger partial charge in [0.25, 0.3) is 0 Å². The van der Waals surface area contributed by atoms with E-state index in [1.54, 1.807) is 11.3 Å². The number of benzene rings is 2. The number of thioether (sulfide) groups is 1. The number of fused-ring (bicyclic) bond motifs is 2. The van der Waals surface area contributed by atoms with Crippen LogP contribution in [0.5, 0.6) is 0 Å². The summed E-state index contributed by atoms with van der Waals surface area (Å²) in [6.07, 6.45) is 2.13. The van der Waals surface area contributed by atoms with Crippen molar-refractivity contribution in [1.29, 1.82) is 0 Å². The fourth-order valence-corrected chi connectivity index (χ4v) is 5.70. The molecule has 0 saturated carbocycles. The molecule has 1 saturated heterocycles. The lowest BCUT2D eigenvalue weighted by atomic mass is 9.99. The van der Waals surface area contributed by atoms with Crippen molar-refractivity contribution in [1.82, 2.24) is 14.9 Å². The molecule has 4 nitrogen and oxygen atoms in total. The third-order valence-corrected chi connectivity index (χ3v) is 7.46. The Labute approximate surface area is 178 Å². The number of carbonyl (C=O) groups is 1. The lowest BCUT2D eigenvalue weighted by molar-refractivity contribution is -0.129. The smallest absolute Gasteiger partial charge is 0.233 e. The van der Waals surface area contributed by atoms with E-state index in [1.807, 2.05) is 35.2 Å². The summed E-state index contributed by atoms with van der Waals surface area (Å²) in [5, 5.41) is 3.18. The highest BCUT2D eigenvalue weighted by Crippen LogP contribution is 2.33. The second kappa shape index (κ2) is 8.13. The van der Waals surface area contributed by atoms with Gasteiger partial charge in [-0.05, 0) is 37.1 Å². The predicted octanol–water partition coefficient (Wildman–Crippen LogP) is 5.34. The van der Waals surface area contributed by atoms with E-state index in [9.17, 15) is 4.79 Å². The maximum absolute atomic E-state index is 12.8. The molecule has 2 aromatic carbocycles. The van der Waals surface area contributed by atoms with Gasteiger partial charge in [-0.15, -0.1) is 11.3 Å². The molecular formula is C23H21N3OS2. The van der Waals surface area contributed by atoms with Crippen molar-refractivity contribution in [3.05, 3.63) is 65.7 Å². The maximum Gasteiger partial charge on any atom is 0.233 e. The fourth-order valence-electron chi connectivity index (χ4n) is 3.82. The molecule has 1 atom stereocenters. The topological polar surface area (TPSA) is 46.1 Å². The van der Waals surface area contributed by atoms with Crippen LogP contribution >= 0.6 is 23.1 Å². The summed E-state index contributed by atoms with van der Waals surface area (Å²) < 4.78 is 1.23. The summed E-state index contributed by atoms with van der Waals surface area (Å²) >= 11 is 3.29. The number of carbonyl (C=O) groups excluding carboxylic acids is 1. The molecule has 1 amide bonds. The highest BCUT2D eigenvalue weighted by molar-refractivity contribution is 7.99. The summed E-state index contributed by atoms with van der Waals surface area (Å²) in [6.45, 7) is 1.61. The zero-order valence-electron chi connectivity index (χ0n) is 16.0. The summed E-state index contributed by atoms with van der Waals surface area (Å²) in [5.74, 6) is 0.961. The second-order valence-corrected chi connectivity index (χ2v) is 9.39. The van der Waals surface area contributed by atoms with Gasteiger partial charge in [-0.25, -0.2) is 9.97 Å². The number of amides is 1. The van der Waals surface area contributed by atoms with Crippen molar-refractivity contribution in [3.63, 3.8) is 0 Å². The van der Waals surface area contributed by atoms with Gasteiger partial charge in [-0.3, -0.25) is 4.79 Å². The van der Waals surface area contributed by atoms with Crippen LogP contribution < -0.4 is 0 Å². The van der Waals surface area contributed by atoms with Crippen molar-refractivity contribution in [3.8, 4) is 0 Å². The summed E-state index contributed by atoms with van der Waals surface area (Å²) in [4.78, 5) is 24.3. The van der Waals surface area contributed by atoms with Crippen LogP contribution in [0.2, 0.25) is 0 Å². The zero-order chi connectivity index (χ0) is 19.6. The number of likely N-dealkylation sites (tertiary alicyclic amines) is 1. The summed E-state index contributed by atoms with van der Waals surface area (Å²) in [7, 11) is 0. The van der Waals surface area contributed by atoms with Crippen LogP contribution in [0.25, 0.3) is 21.1 Å². The number of pyridine rings is 1. The molecule has 6 heteroatoms. The van der Waals surface area contributed by atoms with Gasteiger partial charge in [0, 0.05) is 24.4 Å². The number of para-hydroxylation sites is 2. The standard InChI is InChI=1S/C23H21N3OS2/c27-22(15-28-21-12-11-16-6-1-2-8-18(16)24-21)26-13-5-7-17(14-26)23-25-19-9-3-4-10-20(19)29-23/h1-4,6,8-12,17H,5,7,13-15H2/t17-/m1/s1. The molecule has 1 aliphatic heterocycles. The Balaban J connectivity index is 1.24. The van der Waals surface area contributed by atoms with Crippen LogP contribution in [0, 0.1) is 0 Å². The third kappa shape index (κ3) is 4.00. The Morgan fingerprint density at radius 1 is 1.03 bits per heavy atom. The molecule has 0 aliphatic carbocycles. The Morgan fingerprint density at radius 3 is 2.76 bits per heavy atom. The molecule has 0 spiro atoms. The van der Waals surface area contributed by atoms with Crippen molar-refractivity contribution < 1.29 is 4.79 Å². The first kappa shape index (κ1) is 18.6. The van der Waals surface area contributed by atoms with Crippen LogP contribution in [0.1, 0.15) is 23.8 Å². The maximum atomic E-state index is 12.8. The van der Waals surface area contributed by atoms with Crippen LogP contribution in [0.15, 0.2) is 65.7 Å². The molecule has 0 radical (unpaired) electrons. The minimum absolute atomic E-state index is 0.191. The minimum atomic E-state index is 0.191. The summed E-state index contributed by atoms with van der Waals surface area (Å²) in [6, 6.07) is 20.4. The van der Waals surface area contributed by atoms with Crippen LogP contribution in [0.4, 0.5) is 0 Å². The van der Waals surface area contributed by atoms with Gasteiger partial charge in [0.05, 0.1) is 31.5 Å². The van der Waals surface area contributed by atoms with Gasteiger partial charge in [-0.1, -0.05) is 48.2 Å². The van der Waals surface area contributed by atoms with Crippen LogP contribution in [0.3, 0.4) is 0 Å². The molecule has 1 fully saturated rings. The Kier molecular flexibility index (Phi) is 5.21. The Hall–Kier alpha value is -2.44. The number of hydrogen-bond acceptors (Lipinski definition) is 5. The van der Waals surface area contributed by atoms with Gasteiger partial charge in [-0.2, -0.15) is 0 Å². The molecule has 5 rings (SSSR count). The van der Waals surface area contributed by atoms with E-state index < -0.39 is 0 Å². The van der Waals surface area contributed by atoms with Gasteiger partial charge in [0.15, 0.2) is 0 Å². The van der Waals surface area contributed by atoms with Crippen LogP contribution in [-0.2, 0) is 4.79 Å². The van der Waals surface area contributed by atoms with E-state index in [0.29, 0.717) is 11.7 Å². The first-order valence-electron chi connectivity index (χ1n) is 9.88. The number of hydrogen-bond donors (Lipinski definition) is 0. The van der Waals surface area contributed by atoms with Crippen molar-refractivity contribution in [2.75, 3.05) is 18.8 Å². The van der Waals surface area contributed by atoms with Gasteiger partial charge < -0.3 is 4.90 Å². The normalized spacial score (nSPS) is 17.1.